The van der Waals surface area contributed by atoms with Crippen LogP contribution in [0.4, 0.5) is 0 Å². The molecule has 1 atom stereocenters. The highest BCUT2D eigenvalue weighted by Gasteiger charge is 2.16. The number of nitrogens with two attached hydrogens (primary N) is 1. The summed E-state index contributed by atoms with van der Waals surface area (Å²) >= 11 is 0. The molecule has 3 N–H and O–H groups in total. The lowest BCUT2D eigenvalue weighted by molar-refractivity contribution is 0.369. The molecular formula is C10H12N2O2. The molecule has 0 aliphatic heterocycles. The van der Waals surface area contributed by atoms with E-state index in [1.54, 1.807) is 19.1 Å². The van der Waals surface area contributed by atoms with Gasteiger partial charge in [0.15, 0.2) is 11.5 Å². The van der Waals surface area contributed by atoms with E-state index in [2.05, 4.69) is 0 Å². The molecule has 4 nitrogen and oxygen atoms in total. The first-order valence-electron chi connectivity index (χ1n) is 4.13. The number of nitriles is 1. The smallest absolute Gasteiger partial charge is 0.163 e. The third kappa shape index (κ3) is 1.63. The number of ether oxygens (including phenoxy) is 1. The summed E-state index contributed by atoms with van der Waals surface area (Å²) in [6.45, 7) is 1.78. The Morgan fingerprint density at radius 3 is 2.71 bits per heavy atom. The van der Waals surface area contributed by atoms with Gasteiger partial charge in [0.25, 0.3) is 0 Å². The second-order valence-corrected chi connectivity index (χ2v) is 2.95. The van der Waals surface area contributed by atoms with Crippen LogP contribution in [0.15, 0.2) is 12.1 Å². The maximum atomic E-state index is 9.72. The van der Waals surface area contributed by atoms with Gasteiger partial charge in [-0.05, 0) is 18.6 Å². The van der Waals surface area contributed by atoms with Gasteiger partial charge < -0.3 is 15.6 Å². The van der Waals surface area contributed by atoms with E-state index in [0.717, 1.165) is 5.56 Å². The summed E-state index contributed by atoms with van der Waals surface area (Å²) in [7, 11) is 1.45. The molecule has 0 fully saturated rings. The van der Waals surface area contributed by atoms with Crippen molar-refractivity contribution in [2.45, 2.75) is 13.0 Å². The zero-order valence-electron chi connectivity index (χ0n) is 8.11. The van der Waals surface area contributed by atoms with Crippen LogP contribution in [0.2, 0.25) is 0 Å². The molecular weight excluding hydrogens is 180 g/mol. The highest BCUT2D eigenvalue weighted by atomic mass is 16.5. The number of benzene rings is 1. The number of phenols is 1. The summed E-state index contributed by atoms with van der Waals surface area (Å²) in [5.74, 6) is 0.276. The Morgan fingerprint density at radius 2 is 2.21 bits per heavy atom. The fraction of sp³-hybridized carbons (Fsp3) is 0.300. The molecule has 4 heteroatoms. The number of nitrogens with zero attached hydrogens (tertiary/aromatic N) is 1. The van der Waals surface area contributed by atoms with Gasteiger partial charge in [-0.2, -0.15) is 5.26 Å². The number of phenolic OH excluding ortho intramolecular Hbond substituents is 1. The van der Waals surface area contributed by atoms with Gasteiger partial charge in [-0.1, -0.05) is 6.07 Å². The van der Waals surface area contributed by atoms with Gasteiger partial charge in [-0.3, -0.25) is 0 Å². The van der Waals surface area contributed by atoms with E-state index in [1.807, 2.05) is 6.07 Å². The molecule has 74 valence electrons. The van der Waals surface area contributed by atoms with Gasteiger partial charge in [0.1, 0.15) is 6.04 Å². The van der Waals surface area contributed by atoms with Crippen LogP contribution < -0.4 is 10.5 Å². The van der Waals surface area contributed by atoms with Gasteiger partial charge in [-0.15, -0.1) is 0 Å². The van der Waals surface area contributed by atoms with Gasteiger partial charge in [0.2, 0.25) is 0 Å². The van der Waals surface area contributed by atoms with Crippen molar-refractivity contribution >= 4 is 0 Å². The van der Waals surface area contributed by atoms with Crippen molar-refractivity contribution in [1.29, 1.82) is 5.26 Å². The lowest BCUT2D eigenvalue weighted by atomic mass is 10.0. The summed E-state index contributed by atoms with van der Waals surface area (Å²) < 4.78 is 4.92. The predicted octanol–water partition coefficient (Wildman–Crippen LogP) is 1.23. The van der Waals surface area contributed by atoms with Crippen molar-refractivity contribution in [3.05, 3.63) is 23.3 Å². The largest absolute Gasteiger partial charge is 0.504 e. The monoisotopic (exact) mass is 192 g/mol. The highest BCUT2D eigenvalue weighted by molar-refractivity contribution is 5.52. The molecule has 14 heavy (non-hydrogen) atoms. The molecule has 0 aliphatic rings. The minimum absolute atomic E-state index is 0.0541. The van der Waals surface area contributed by atoms with Crippen LogP contribution in [0.5, 0.6) is 11.5 Å². The maximum absolute atomic E-state index is 9.72. The quantitative estimate of drug-likeness (QED) is 0.738. The number of hydrogen-bond donors (Lipinski definition) is 2. The molecule has 0 unspecified atom stereocenters. The van der Waals surface area contributed by atoms with Crippen molar-refractivity contribution in [3.8, 4) is 17.6 Å². The van der Waals surface area contributed by atoms with Crippen LogP contribution >= 0.6 is 0 Å². The van der Waals surface area contributed by atoms with Gasteiger partial charge in [-0.25, -0.2) is 0 Å². The fourth-order valence-corrected chi connectivity index (χ4v) is 1.31. The number of rotatable bonds is 2. The number of hydrogen-bond acceptors (Lipinski definition) is 4. The molecule has 0 radical (unpaired) electrons. The Morgan fingerprint density at radius 1 is 1.57 bits per heavy atom. The lowest BCUT2D eigenvalue weighted by Crippen LogP contribution is -2.09. The standard InChI is InChI=1S/C10H12N2O2/c1-6-3-4-8(14-2)10(13)9(6)7(12)5-11/h3-4,7,13H,12H2,1-2H3/t7-/m1/s1. The predicted molar refractivity (Wildman–Crippen MR) is 51.9 cm³/mol. The molecule has 0 saturated heterocycles. The molecule has 0 saturated carbocycles. The van der Waals surface area contributed by atoms with Gasteiger partial charge in [0.05, 0.1) is 13.2 Å². The van der Waals surface area contributed by atoms with E-state index >= 15 is 0 Å². The summed E-state index contributed by atoms with van der Waals surface area (Å²) in [5.41, 5.74) is 6.74. The van der Waals surface area contributed by atoms with Crippen molar-refractivity contribution in [2.24, 2.45) is 5.73 Å². The van der Waals surface area contributed by atoms with E-state index < -0.39 is 6.04 Å². The minimum Gasteiger partial charge on any atom is -0.504 e. The molecule has 0 bridgehead atoms. The molecule has 0 amide bonds. The SMILES string of the molecule is COc1ccc(C)c([C@H](N)C#N)c1O. The van der Waals surface area contributed by atoms with Crippen LogP contribution in [0, 0.1) is 18.3 Å². The van der Waals surface area contributed by atoms with Crippen LogP contribution in [0.1, 0.15) is 17.2 Å². The van der Waals surface area contributed by atoms with E-state index in [9.17, 15) is 5.11 Å². The average molecular weight is 192 g/mol. The zero-order valence-corrected chi connectivity index (χ0v) is 8.11. The second-order valence-electron chi connectivity index (χ2n) is 2.95. The molecule has 0 heterocycles. The minimum atomic E-state index is -0.829. The molecule has 0 spiro atoms. The number of aromatic hydroxyl groups is 1. The van der Waals surface area contributed by atoms with E-state index in [0.29, 0.717) is 11.3 Å². The third-order valence-corrected chi connectivity index (χ3v) is 2.07. The first-order chi connectivity index (χ1) is 6.61. The summed E-state index contributed by atoms with van der Waals surface area (Å²) in [4.78, 5) is 0. The fourth-order valence-electron chi connectivity index (χ4n) is 1.31. The summed E-state index contributed by atoms with van der Waals surface area (Å²) in [6, 6.07) is 4.44. The Labute approximate surface area is 82.5 Å². The Bertz CT molecular complexity index is 382. The number of aryl methyl sites for hydroxylation is 1. The maximum Gasteiger partial charge on any atom is 0.163 e. The van der Waals surface area contributed by atoms with Crippen molar-refractivity contribution < 1.29 is 9.84 Å². The molecule has 0 aromatic heterocycles. The van der Waals surface area contributed by atoms with Crippen LogP contribution in [0.25, 0.3) is 0 Å². The zero-order chi connectivity index (χ0) is 10.7. The summed E-state index contributed by atoms with van der Waals surface area (Å²) in [5, 5.41) is 18.4. The lowest BCUT2D eigenvalue weighted by Gasteiger charge is -2.12. The van der Waals surface area contributed by atoms with E-state index in [-0.39, 0.29) is 5.75 Å². The first kappa shape index (κ1) is 10.4. The van der Waals surface area contributed by atoms with E-state index in [1.165, 1.54) is 7.11 Å². The summed E-state index contributed by atoms with van der Waals surface area (Å²) in [6.07, 6.45) is 0. The Hall–Kier alpha value is -1.73. The average Bonchev–Trinajstić information content (AvgIpc) is 2.18. The normalized spacial score (nSPS) is 11.9. The van der Waals surface area contributed by atoms with Gasteiger partial charge in [0, 0.05) is 5.56 Å². The highest BCUT2D eigenvalue weighted by Crippen LogP contribution is 2.34. The van der Waals surface area contributed by atoms with E-state index in [4.69, 9.17) is 15.7 Å². The van der Waals surface area contributed by atoms with Crippen LogP contribution in [-0.4, -0.2) is 12.2 Å². The second kappa shape index (κ2) is 3.99. The van der Waals surface area contributed by atoms with Crippen molar-refractivity contribution in [1.82, 2.24) is 0 Å². The topological polar surface area (TPSA) is 79.3 Å². The first-order valence-corrected chi connectivity index (χ1v) is 4.13. The van der Waals surface area contributed by atoms with Crippen molar-refractivity contribution in [2.75, 3.05) is 7.11 Å². The molecule has 0 aliphatic carbocycles. The third-order valence-electron chi connectivity index (χ3n) is 2.07. The molecule has 1 aromatic rings. The van der Waals surface area contributed by atoms with Gasteiger partial charge >= 0.3 is 0 Å². The molecule has 1 rings (SSSR count). The molecule has 1 aromatic carbocycles. The number of methoxy groups -OCH3 is 1. The Balaban J connectivity index is 3.34. The van der Waals surface area contributed by atoms with Crippen LogP contribution in [-0.2, 0) is 0 Å². The Kier molecular flexibility index (Phi) is 2.95. The van der Waals surface area contributed by atoms with Crippen LogP contribution in [0.3, 0.4) is 0 Å². The van der Waals surface area contributed by atoms with Crippen molar-refractivity contribution in [3.63, 3.8) is 0 Å².